The first-order valence-electron chi connectivity index (χ1n) is 5.48. The van der Waals surface area contributed by atoms with E-state index in [1.54, 1.807) is 0 Å². The predicted octanol–water partition coefficient (Wildman–Crippen LogP) is 2.40. The van der Waals surface area contributed by atoms with Crippen molar-refractivity contribution in [3.63, 3.8) is 0 Å². The SMILES string of the molecule is Cn1c(C(F)(F)F)cnc1NC(=O)c1ccc(O)cc1. The fourth-order valence-electron chi connectivity index (χ4n) is 1.58. The van der Waals surface area contributed by atoms with E-state index < -0.39 is 17.8 Å². The van der Waals surface area contributed by atoms with Crippen LogP contribution in [0.25, 0.3) is 0 Å². The van der Waals surface area contributed by atoms with E-state index in [4.69, 9.17) is 5.11 Å². The molecule has 20 heavy (non-hydrogen) atoms. The molecule has 1 amide bonds. The molecule has 2 rings (SSSR count). The minimum Gasteiger partial charge on any atom is -0.508 e. The van der Waals surface area contributed by atoms with Gasteiger partial charge in [-0.05, 0) is 24.3 Å². The van der Waals surface area contributed by atoms with Gasteiger partial charge in [-0.2, -0.15) is 13.2 Å². The third kappa shape index (κ3) is 2.73. The van der Waals surface area contributed by atoms with E-state index in [1.807, 2.05) is 0 Å². The molecular weight excluding hydrogens is 275 g/mol. The summed E-state index contributed by atoms with van der Waals surface area (Å²) in [5.41, 5.74) is -0.766. The highest BCUT2D eigenvalue weighted by Crippen LogP contribution is 2.30. The molecule has 1 aromatic carbocycles. The van der Waals surface area contributed by atoms with Gasteiger partial charge in [-0.3, -0.25) is 10.1 Å². The number of phenolic OH excluding ortho intramolecular Hbond substituents is 1. The van der Waals surface area contributed by atoms with Crippen molar-refractivity contribution in [2.75, 3.05) is 5.32 Å². The van der Waals surface area contributed by atoms with Crippen LogP contribution >= 0.6 is 0 Å². The summed E-state index contributed by atoms with van der Waals surface area (Å²) in [6, 6.07) is 5.29. The first-order chi connectivity index (χ1) is 9.29. The molecule has 8 heteroatoms. The Balaban J connectivity index is 2.21. The number of benzene rings is 1. The van der Waals surface area contributed by atoms with Gasteiger partial charge in [0.25, 0.3) is 5.91 Å². The molecule has 0 aliphatic rings. The highest BCUT2D eigenvalue weighted by Gasteiger charge is 2.35. The van der Waals surface area contributed by atoms with Crippen LogP contribution in [0.15, 0.2) is 30.5 Å². The molecule has 0 unspecified atom stereocenters. The van der Waals surface area contributed by atoms with Gasteiger partial charge < -0.3 is 9.67 Å². The molecule has 0 spiro atoms. The molecule has 0 saturated carbocycles. The van der Waals surface area contributed by atoms with Gasteiger partial charge in [0.05, 0.1) is 6.20 Å². The summed E-state index contributed by atoms with van der Waals surface area (Å²) >= 11 is 0. The van der Waals surface area contributed by atoms with Gasteiger partial charge in [0.2, 0.25) is 5.95 Å². The van der Waals surface area contributed by atoms with Gasteiger partial charge in [0.1, 0.15) is 11.4 Å². The molecule has 0 aliphatic carbocycles. The summed E-state index contributed by atoms with van der Waals surface area (Å²) in [4.78, 5) is 15.3. The summed E-state index contributed by atoms with van der Waals surface area (Å²) in [6.45, 7) is 0. The van der Waals surface area contributed by atoms with Gasteiger partial charge in [-0.1, -0.05) is 0 Å². The van der Waals surface area contributed by atoms with Crippen molar-refractivity contribution in [2.24, 2.45) is 7.05 Å². The number of imidazole rings is 1. The maximum Gasteiger partial charge on any atom is 0.433 e. The van der Waals surface area contributed by atoms with Crippen LogP contribution in [0.3, 0.4) is 0 Å². The Kier molecular flexibility index (Phi) is 3.39. The van der Waals surface area contributed by atoms with E-state index in [0.717, 1.165) is 11.6 Å². The number of carbonyl (C=O) groups is 1. The van der Waals surface area contributed by atoms with Crippen LogP contribution in [0.2, 0.25) is 0 Å². The fraction of sp³-hybridized carbons (Fsp3) is 0.167. The number of halogens is 3. The summed E-state index contributed by atoms with van der Waals surface area (Å²) < 4.78 is 38.4. The number of aromatic hydroxyl groups is 1. The molecule has 0 saturated heterocycles. The van der Waals surface area contributed by atoms with Gasteiger partial charge >= 0.3 is 6.18 Å². The van der Waals surface area contributed by atoms with Crippen molar-refractivity contribution in [3.05, 3.63) is 41.7 Å². The average molecular weight is 285 g/mol. The molecule has 2 aromatic rings. The topological polar surface area (TPSA) is 67.2 Å². The van der Waals surface area contributed by atoms with Gasteiger partial charge in [0.15, 0.2) is 0 Å². The molecule has 1 aromatic heterocycles. The lowest BCUT2D eigenvalue weighted by Gasteiger charge is -2.09. The van der Waals surface area contributed by atoms with Crippen LogP contribution in [-0.2, 0) is 13.2 Å². The van der Waals surface area contributed by atoms with Crippen molar-refractivity contribution >= 4 is 11.9 Å². The number of alkyl halides is 3. The number of hydrogen-bond donors (Lipinski definition) is 2. The van der Waals surface area contributed by atoms with Crippen LogP contribution in [0.5, 0.6) is 5.75 Å². The molecule has 0 radical (unpaired) electrons. The van der Waals surface area contributed by atoms with Gasteiger partial charge in [-0.25, -0.2) is 4.98 Å². The number of hydrogen-bond acceptors (Lipinski definition) is 3. The maximum atomic E-state index is 12.6. The van der Waals surface area contributed by atoms with Crippen LogP contribution in [0.4, 0.5) is 19.1 Å². The largest absolute Gasteiger partial charge is 0.508 e. The minimum absolute atomic E-state index is 0.0158. The number of nitrogens with one attached hydrogen (secondary N) is 1. The van der Waals surface area contributed by atoms with Crippen LogP contribution < -0.4 is 5.32 Å². The smallest absolute Gasteiger partial charge is 0.433 e. The third-order valence-electron chi connectivity index (χ3n) is 2.63. The summed E-state index contributed by atoms with van der Waals surface area (Å²) in [5.74, 6) is -0.847. The Morgan fingerprint density at radius 1 is 1.30 bits per heavy atom. The third-order valence-corrected chi connectivity index (χ3v) is 2.63. The number of carbonyl (C=O) groups excluding carboxylic acids is 1. The van der Waals surface area contributed by atoms with Gasteiger partial charge in [-0.15, -0.1) is 0 Å². The quantitative estimate of drug-likeness (QED) is 0.890. The van der Waals surface area contributed by atoms with Crippen molar-refractivity contribution in [2.45, 2.75) is 6.18 Å². The minimum atomic E-state index is -4.54. The summed E-state index contributed by atoms with van der Waals surface area (Å²) in [5, 5.41) is 11.4. The summed E-state index contributed by atoms with van der Waals surface area (Å²) in [7, 11) is 1.16. The molecule has 1 heterocycles. The zero-order valence-electron chi connectivity index (χ0n) is 10.3. The monoisotopic (exact) mass is 285 g/mol. The zero-order chi connectivity index (χ0) is 14.9. The molecule has 0 bridgehead atoms. The summed E-state index contributed by atoms with van der Waals surface area (Å²) in [6.07, 6.45) is -3.89. The zero-order valence-corrected chi connectivity index (χ0v) is 10.3. The Morgan fingerprint density at radius 3 is 2.40 bits per heavy atom. The van der Waals surface area contributed by atoms with E-state index in [2.05, 4.69) is 10.3 Å². The van der Waals surface area contributed by atoms with Crippen LogP contribution in [0, 0.1) is 0 Å². The normalized spacial score (nSPS) is 11.4. The van der Waals surface area contributed by atoms with E-state index in [1.165, 1.54) is 24.3 Å². The van der Waals surface area contributed by atoms with E-state index >= 15 is 0 Å². The van der Waals surface area contributed by atoms with E-state index in [-0.39, 0.29) is 17.3 Å². The number of amides is 1. The highest BCUT2D eigenvalue weighted by molar-refractivity contribution is 6.03. The van der Waals surface area contributed by atoms with Crippen molar-refractivity contribution in [1.82, 2.24) is 9.55 Å². The lowest BCUT2D eigenvalue weighted by atomic mass is 10.2. The molecule has 106 valence electrons. The first-order valence-corrected chi connectivity index (χ1v) is 5.48. The van der Waals surface area contributed by atoms with Crippen LogP contribution in [0.1, 0.15) is 16.1 Å². The van der Waals surface area contributed by atoms with E-state index in [9.17, 15) is 18.0 Å². The Bertz CT molecular complexity index is 632. The fourth-order valence-corrected chi connectivity index (χ4v) is 1.58. The highest BCUT2D eigenvalue weighted by atomic mass is 19.4. The van der Waals surface area contributed by atoms with Gasteiger partial charge in [0, 0.05) is 12.6 Å². The van der Waals surface area contributed by atoms with E-state index in [0.29, 0.717) is 6.20 Å². The standard InChI is InChI=1S/C12H10F3N3O2/c1-18-9(12(13,14)15)6-16-11(18)17-10(20)7-2-4-8(19)5-3-7/h2-6,19H,1H3,(H,16,17,20). The number of rotatable bonds is 2. The second-order valence-corrected chi connectivity index (χ2v) is 4.02. The second-order valence-electron chi connectivity index (χ2n) is 4.02. The number of anilines is 1. The first kappa shape index (κ1) is 13.9. The number of nitrogens with zero attached hydrogens (tertiary/aromatic N) is 2. The number of phenols is 1. The molecule has 2 N–H and O–H groups in total. The lowest BCUT2D eigenvalue weighted by molar-refractivity contribution is -0.143. The molecule has 5 nitrogen and oxygen atoms in total. The lowest BCUT2D eigenvalue weighted by Crippen LogP contribution is -2.17. The van der Waals surface area contributed by atoms with Crippen molar-refractivity contribution in [1.29, 1.82) is 0 Å². The van der Waals surface area contributed by atoms with Crippen LogP contribution in [-0.4, -0.2) is 20.6 Å². The Hall–Kier alpha value is -2.51. The second kappa shape index (κ2) is 4.87. The molecule has 0 fully saturated rings. The Labute approximate surface area is 111 Å². The maximum absolute atomic E-state index is 12.6. The number of aromatic nitrogens is 2. The molecular formula is C12H10F3N3O2. The molecule has 0 aliphatic heterocycles. The predicted molar refractivity (Wildman–Crippen MR) is 64.3 cm³/mol. The van der Waals surface area contributed by atoms with Crippen molar-refractivity contribution < 1.29 is 23.1 Å². The molecule has 0 atom stereocenters. The van der Waals surface area contributed by atoms with Crippen molar-refractivity contribution in [3.8, 4) is 5.75 Å². The average Bonchev–Trinajstić information content (AvgIpc) is 2.71. The Morgan fingerprint density at radius 2 is 1.90 bits per heavy atom.